The fraction of sp³-hybridized carbons (Fsp3) is 0.407. The molecule has 4 rings (SSSR count). The van der Waals surface area contributed by atoms with Crippen LogP contribution in [0.1, 0.15) is 33.6 Å². The number of fused-ring (bicyclic) bond motifs is 1. The first-order chi connectivity index (χ1) is 17.6. The zero-order valence-electron chi connectivity index (χ0n) is 21.4. The van der Waals surface area contributed by atoms with Crippen molar-refractivity contribution >= 4 is 23.2 Å². The molecule has 10 heteroatoms. The van der Waals surface area contributed by atoms with Crippen LogP contribution in [0.15, 0.2) is 42.7 Å². The minimum Gasteiger partial charge on any atom is -0.428 e. The van der Waals surface area contributed by atoms with Crippen molar-refractivity contribution in [3.63, 3.8) is 0 Å². The van der Waals surface area contributed by atoms with Gasteiger partial charge in [0.25, 0.3) is 0 Å². The Bertz CT molecular complexity index is 1270. The number of carbonyl (C=O) groups is 2. The highest BCUT2D eigenvalue weighted by Gasteiger charge is 2.22. The molecular weight excluding hydrogens is 479 g/mol. The van der Waals surface area contributed by atoms with Gasteiger partial charge in [-0.05, 0) is 95.1 Å². The molecule has 0 bridgehead atoms. The summed E-state index contributed by atoms with van der Waals surface area (Å²) in [5.74, 6) is 0.0853. The molecular formula is C27H31FN4O5. The molecule has 2 heterocycles. The number of amides is 1. The molecule has 1 amide bonds. The molecule has 0 aliphatic carbocycles. The Labute approximate surface area is 214 Å². The van der Waals surface area contributed by atoms with Gasteiger partial charge in [0.15, 0.2) is 5.75 Å². The van der Waals surface area contributed by atoms with Crippen molar-refractivity contribution in [1.82, 2.24) is 20.2 Å². The van der Waals surface area contributed by atoms with Crippen molar-refractivity contribution in [2.75, 3.05) is 26.7 Å². The van der Waals surface area contributed by atoms with Crippen molar-refractivity contribution in [3.05, 3.63) is 48.5 Å². The zero-order valence-corrected chi connectivity index (χ0v) is 21.4. The minimum absolute atomic E-state index is 0.00359. The zero-order chi connectivity index (χ0) is 26.6. The van der Waals surface area contributed by atoms with Gasteiger partial charge in [-0.2, -0.15) is 0 Å². The van der Waals surface area contributed by atoms with E-state index in [4.69, 9.17) is 14.2 Å². The molecule has 0 spiro atoms. The predicted molar refractivity (Wildman–Crippen MR) is 136 cm³/mol. The lowest BCUT2D eigenvalue weighted by Gasteiger charge is -2.28. The van der Waals surface area contributed by atoms with E-state index in [2.05, 4.69) is 27.2 Å². The molecule has 0 atom stereocenters. The third-order valence-electron chi connectivity index (χ3n) is 5.99. The third kappa shape index (κ3) is 7.13. The van der Waals surface area contributed by atoms with Gasteiger partial charge in [-0.3, -0.25) is 0 Å². The van der Waals surface area contributed by atoms with Crippen LogP contribution in [0.25, 0.3) is 22.0 Å². The number of hydrogen-bond donors (Lipinski definition) is 1. The van der Waals surface area contributed by atoms with E-state index in [1.54, 1.807) is 45.0 Å². The number of likely N-dealkylation sites (tertiary alicyclic amines) is 1. The first kappa shape index (κ1) is 26.3. The predicted octanol–water partition coefficient (Wildman–Crippen LogP) is 5.18. The Balaban J connectivity index is 1.62. The van der Waals surface area contributed by atoms with Gasteiger partial charge in [0.05, 0.1) is 5.39 Å². The molecule has 0 unspecified atom stereocenters. The summed E-state index contributed by atoms with van der Waals surface area (Å²) in [6.45, 7) is 7.65. The maximum atomic E-state index is 13.5. The Morgan fingerprint density at radius 1 is 1.05 bits per heavy atom. The summed E-state index contributed by atoms with van der Waals surface area (Å²) in [5, 5.41) is 3.16. The molecule has 1 aliphatic rings. The van der Waals surface area contributed by atoms with E-state index in [1.165, 1.54) is 18.5 Å². The van der Waals surface area contributed by atoms with Crippen LogP contribution in [-0.4, -0.2) is 59.4 Å². The van der Waals surface area contributed by atoms with Crippen molar-refractivity contribution in [2.24, 2.45) is 5.92 Å². The lowest BCUT2D eigenvalue weighted by Crippen LogP contribution is -2.37. The third-order valence-corrected chi connectivity index (χ3v) is 5.99. The summed E-state index contributed by atoms with van der Waals surface area (Å²) < 4.78 is 29.9. The second kappa shape index (κ2) is 11.1. The maximum absolute atomic E-state index is 13.5. The van der Waals surface area contributed by atoms with Crippen molar-refractivity contribution in [1.29, 1.82) is 0 Å². The molecule has 1 N–H and O–H groups in total. The first-order valence-corrected chi connectivity index (χ1v) is 12.2. The number of nitrogens with one attached hydrogen (secondary N) is 1. The average Bonchev–Trinajstić information content (AvgIpc) is 2.83. The Morgan fingerprint density at radius 3 is 2.43 bits per heavy atom. The highest BCUT2D eigenvalue weighted by molar-refractivity contribution is 5.95. The van der Waals surface area contributed by atoms with Crippen LogP contribution in [0.4, 0.5) is 14.0 Å². The summed E-state index contributed by atoms with van der Waals surface area (Å²) in [6, 6.07) is 9.12. The molecule has 3 aromatic rings. The molecule has 2 aromatic carbocycles. The lowest BCUT2D eigenvalue weighted by atomic mass is 9.97. The van der Waals surface area contributed by atoms with Crippen molar-refractivity contribution < 1.29 is 28.2 Å². The molecule has 1 aromatic heterocycles. The lowest BCUT2D eigenvalue weighted by molar-refractivity contribution is 0.0209. The van der Waals surface area contributed by atoms with E-state index in [1.807, 2.05) is 0 Å². The van der Waals surface area contributed by atoms with Crippen LogP contribution in [0, 0.1) is 11.7 Å². The number of aromatic nitrogens is 2. The van der Waals surface area contributed by atoms with Crippen LogP contribution < -0.4 is 14.8 Å². The van der Waals surface area contributed by atoms with Gasteiger partial charge in [0.2, 0.25) is 5.88 Å². The average molecular weight is 511 g/mol. The number of benzene rings is 2. The van der Waals surface area contributed by atoms with E-state index in [0.717, 1.165) is 25.9 Å². The fourth-order valence-electron chi connectivity index (χ4n) is 4.06. The van der Waals surface area contributed by atoms with Gasteiger partial charge in [0, 0.05) is 6.54 Å². The fourth-order valence-corrected chi connectivity index (χ4v) is 4.06. The van der Waals surface area contributed by atoms with E-state index in [0.29, 0.717) is 29.0 Å². The van der Waals surface area contributed by atoms with Crippen LogP contribution in [0.3, 0.4) is 0 Å². The quantitative estimate of drug-likeness (QED) is 0.370. The molecule has 196 valence electrons. The van der Waals surface area contributed by atoms with Gasteiger partial charge < -0.3 is 24.4 Å². The number of rotatable bonds is 5. The van der Waals surface area contributed by atoms with E-state index in [-0.39, 0.29) is 23.0 Å². The van der Waals surface area contributed by atoms with E-state index >= 15 is 0 Å². The number of piperidine rings is 1. The number of nitrogens with zero attached hydrogens (tertiary/aromatic N) is 3. The monoisotopic (exact) mass is 510 g/mol. The van der Waals surface area contributed by atoms with Crippen LogP contribution in [-0.2, 0) is 4.74 Å². The number of ether oxygens (including phenoxy) is 3. The summed E-state index contributed by atoms with van der Waals surface area (Å²) in [4.78, 5) is 35.7. The van der Waals surface area contributed by atoms with E-state index in [9.17, 15) is 14.0 Å². The SMILES string of the molecule is CN1CCC(CNC(=O)Oc2ncnc3c(OC(=O)OC(C)(C)C)cc(-c4ccc(F)cc4)cc23)CC1. The second-order valence-corrected chi connectivity index (χ2v) is 10.1. The standard InChI is InChI=1S/C27H31FN4O5/c1-27(2,3)37-26(34)35-22-14-19(18-5-7-20(28)8-6-18)13-21-23(22)30-16-31-24(21)36-25(33)29-15-17-9-11-32(4)12-10-17/h5-8,13-14,16-17H,9-12,15H2,1-4H3,(H,29,33). The largest absolute Gasteiger partial charge is 0.514 e. The van der Waals surface area contributed by atoms with E-state index < -0.39 is 17.8 Å². The number of halogens is 1. The maximum Gasteiger partial charge on any atom is 0.514 e. The van der Waals surface area contributed by atoms with Gasteiger partial charge in [-0.15, -0.1) is 0 Å². The summed E-state index contributed by atoms with van der Waals surface area (Å²) >= 11 is 0. The summed E-state index contributed by atoms with van der Waals surface area (Å²) in [7, 11) is 2.08. The van der Waals surface area contributed by atoms with Gasteiger partial charge in [0.1, 0.15) is 23.3 Å². The van der Waals surface area contributed by atoms with Gasteiger partial charge in [-0.1, -0.05) is 12.1 Å². The molecule has 1 fully saturated rings. The first-order valence-electron chi connectivity index (χ1n) is 12.2. The van der Waals surface area contributed by atoms with Crippen molar-refractivity contribution in [3.8, 4) is 22.8 Å². The smallest absolute Gasteiger partial charge is 0.428 e. The Morgan fingerprint density at radius 2 is 1.76 bits per heavy atom. The summed E-state index contributed by atoms with van der Waals surface area (Å²) in [5.41, 5.74) is 0.720. The van der Waals surface area contributed by atoms with Crippen LogP contribution in [0.2, 0.25) is 0 Å². The highest BCUT2D eigenvalue weighted by atomic mass is 19.1. The number of carbonyl (C=O) groups excluding carboxylic acids is 2. The molecule has 37 heavy (non-hydrogen) atoms. The van der Waals surface area contributed by atoms with Crippen LogP contribution >= 0.6 is 0 Å². The molecule has 1 aliphatic heterocycles. The van der Waals surface area contributed by atoms with Crippen LogP contribution in [0.5, 0.6) is 11.6 Å². The Hall–Kier alpha value is -3.79. The number of hydrogen-bond acceptors (Lipinski definition) is 8. The molecule has 1 saturated heterocycles. The molecule has 0 radical (unpaired) electrons. The molecule has 9 nitrogen and oxygen atoms in total. The summed E-state index contributed by atoms with van der Waals surface area (Å²) in [6.07, 6.45) is 1.67. The molecule has 0 saturated carbocycles. The minimum atomic E-state index is -0.915. The second-order valence-electron chi connectivity index (χ2n) is 10.1. The topological polar surface area (TPSA) is 103 Å². The van der Waals surface area contributed by atoms with Crippen molar-refractivity contribution in [2.45, 2.75) is 39.2 Å². The van der Waals surface area contributed by atoms with Gasteiger partial charge in [-0.25, -0.2) is 23.9 Å². The normalized spacial score (nSPS) is 14.8. The Kier molecular flexibility index (Phi) is 7.87. The highest BCUT2D eigenvalue weighted by Crippen LogP contribution is 2.35. The van der Waals surface area contributed by atoms with Gasteiger partial charge >= 0.3 is 12.2 Å².